The fourth-order valence-corrected chi connectivity index (χ4v) is 4.94. The van der Waals surface area contributed by atoms with Crippen molar-refractivity contribution in [2.45, 2.75) is 38.6 Å². The van der Waals surface area contributed by atoms with Crippen LogP contribution in [0.1, 0.15) is 45.6 Å². The van der Waals surface area contributed by atoms with Crippen LogP contribution in [0.5, 0.6) is 0 Å². The standard InChI is InChI=1S/C24H25ClN2O3S/c1-15-5-9-20(10-6-15)27-31(29,30)23-14-19(8-12-22(23)25)24(28)26-18(4)21-11-7-16(2)13-17(21)3/h5-14,18,27H,1-4H3,(H,26,28). The summed E-state index contributed by atoms with van der Waals surface area (Å²) in [5.74, 6) is -0.379. The molecule has 5 nitrogen and oxygen atoms in total. The molecule has 31 heavy (non-hydrogen) atoms. The minimum absolute atomic E-state index is 0.0404. The van der Waals surface area contributed by atoms with E-state index in [1.54, 1.807) is 24.3 Å². The summed E-state index contributed by atoms with van der Waals surface area (Å²) in [7, 11) is -3.97. The number of sulfonamides is 1. The average molecular weight is 457 g/mol. The lowest BCUT2D eigenvalue weighted by atomic mass is 10.00. The summed E-state index contributed by atoms with van der Waals surface area (Å²) in [5, 5.41) is 2.97. The van der Waals surface area contributed by atoms with Gasteiger partial charge in [0.1, 0.15) is 4.90 Å². The van der Waals surface area contributed by atoms with Gasteiger partial charge in [-0.05, 0) is 69.2 Å². The molecule has 0 fully saturated rings. The van der Waals surface area contributed by atoms with Gasteiger partial charge in [0.15, 0.2) is 0 Å². The summed E-state index contributed by atoms with van der Waals surface area (Å²) in [4.78, 5) is 12.7. The van der Waals surface area contributed by atoms with Crippen molar-refractivity contribution in [2.24, 2.45) is 0 Å². The number of halogens is 1. The highest BCUT2D eigenvalue weighted by Gasteiger charge is 2.21. The predicted molar refractivity (Wildman–Crippen MR) is 125 cm³/mol. The SMILES string of the molecule is Cc1ccc(NS(=O)(=O)c2cc(C(=O)NC(C)c3ccc(C)cc3C)ccc2Cl)cc1. The molecular weight excluding hydrogens is 432 g/mol. The van der Waals surface area contributed by atoms with Gasteiger partial charge in [-0.2, -0.15) is 0 Å². The maximum atomic E-state index is 12.9. The molecule has 162 valence electrons. The lowest BCUT2D eigenvalue weighted by Crippen LogP contribution is -2.27. The highest BCUT2D eigenvalue weighted by molar-refractivity contribution is 7.92. The Labute approximate surface area is 188 Å². The Morgan fingerprint density at radius 1 is 0.903 bits per heavy atom. The van der Waals surface area contributed by atoms with E-state index in [-0.39, 0.29) is 27.4 Å². The van der Waals surface area contributed by atoms with Gasteiger partial charge in [0.05, 0.1) is 11.1 Å². The van der Waals surface area contributed by atoms with Gasteiger partial charge in [-0.15, -0.1) is 0 Å². The Morgan fingerprint density at radius 2 is 1.55 bits per heavy atom. The average Bonchev–Trinajstić information content (AvgIpc) is 2.69. The fourth-order valence-electron chi connectivity index (χ4n) is 3.35. The summed E-state index contributed by atoms with van der Waals surface area (Å²) in [6, 6.07) is 17.0. The third-order valence-electron chi connectivity index (χ3n) is 5.03. The summed E-state index contributed by atoms with van der Waals surface area (Å²) < 4.78 is 28.3. The van der Waals surface area contributed by atoms with Crippen LogP contribution >= 0.6 is 11.6 Å². The predicted octanol–water partition coefficient (Wildman–Crippen LogP) is 5.56. The molecule has 0 radical (unpaired) electrons. The number of anilines is 1. The number of aryl methyl sites for hydroxylation is 3. The van der Waals surface area contributed by atoms with Crippen molar-refractivity contribution in [3.8, 4) is 0 Å². The van der Waals surface area contributed by atoms with Gasteiger partial charge >= 0.3 is 0 Å². The van der Waals surface area contributed by atoms with Gasteiger partial charge in [-0.25, -0.2) is 8.42 Å². The van der Waals surface area contributed by atoms with E-state index in [2.05, 4.69) is 16.1 Å². The molecule has 0 spiro atoms. The minimum Gasteiger partial charge on any atom is -0.346 e. The smallest absolute Gasteiger partial charge is 0.263 e. The quantitative estimate of drug-likeness (QED) is 0.510. The fraction of sp³-hybridized carbons (Fsp3) is 0.208. The number of rotatable bonds is 6. The summed E-state index contributed by atoms with van der Waals surface area (Å²) in [6.45, 7) is 7.81. The van der Waals surface area contributed by atoms with Crippen LogP contribution in [0.15, 0.2) is 65.6 Å². The molecule has 0 saturated carbocycles. The van der Waals surface area contributed by atoms with Crippen LogP contribution in [0.2, 0.25) is 5.02 Å². The molecule has 1 unspecified atom stereocenters. The van der Waals surface area contributed by atoms with E-state index >= 15 is 0 Å². The van der Waals surface area contributed by atoms with Crippen LogP contribution in [0.4, 0.5) is 5.69 Å². The molecule has 1 atom stereocenters. The molecule has 0 heterocycles. The number of nitrogens with one attached hydrogen (secondary N) is 2. The zero-order valence-electron chi connectivity index (χ0n) is 17.9. The van der Waals surface area contributed by atoms with Crippen molar-refractivity contribution in [2.75, 3.05) is 4.72 Å². The number of hydrogen-bond donors (Lipinski definition) is 2. The number of carbonyl (C=O) groups is 1. The van der Waals surface area contributed by atoms with Crippen LogP contribution in [0.25, 0.3) is 0 Å². The van der Waals surface area contributed by atoms with Crippen molar-refractivity contribution in [3.05, 3.63) is 93.5 Å². The molecule has 3 aromatic carbocycles. The van der Waals surface area contributed by atoms with Gasteiger partial charge in [-0.3, -0.25) is 9.52 Å². The highest BCUT2D eigenvalue weighted by atomic mass is 35.5. The lowest BCUT2D eigenvalue weighted by molar-refractivity contribution is 0.0939. The Hall–Kier alpha value is -2.83. The molecule has 0 aromatic heterocycles. The molecule has 7 heteroatoms. The van der Waals surface area contributed by atoms with E-state index in [0.29, 0.717) is 5.69 Å². The third-order valence-corrected chi connectivity index (χ3v) is 6.89. The number of benzene rings is 3. The van der Waals surface area contributed by atoms with Gasteiger partial charge < -0.3 is 5.32 Å². The first-order valence-electron chi connectivity index (χ1n) is 9.84. The lowest BCUT2D eigenvalue weighted by Gasteiger charge is -2.18. The highest BCUT2D eigenvalue weighted by Crippen LogP contribution is 2.26. The van der Waals surface area contributed by atoms with E-state index < -0.39 is 10.0 Å². The van der Waals surface area contributed by atoms with Crippen molar-refractivity contribution < 1.29 is 13.2 Å². The zero-order chi connectivity index (χ0) is 22.8. The third kappa shape index (κ3) is 5.46. The van der Waals surface area contributed by atoms with Crippen molar-refractivity contribution in [1.82, 2.24) is 5.32 Å². The largest absolute Gasteiger partial charge is 0.346 e. The Morgan fingerprint density at radius 3 is 2.19 bits per heavy atom. The van der Waals surface area contributed by atoms with E-state index in [1.165, 1.54) is 18.2 Å². The van der Waals surface area contributed by atoms with Crippen molar-refractivity contribution in [3.63, 3.8) is 0 Å². The molecule has 3 aromatic rings. The Bertz CT molecular complexity index is 1220. The molecule has 0 bridgehead atoms. The molecule has 0 aliphatic rings. The van der Waals surface area contributed by atoms with Gasteiger partial charge in [0.25, 0.3) is 15.9 Å². The Balaban J connectivity index is 1.84. The minimum atomic E-state index is -3.97. The van der Waals surface area contributed by atoms with Crippen LogP contribution < -0.4 is 10.0 Å². The maximum absolute atomic E-state index is 12.9. The topological polar surface area (TPSA) is 75.3 Å². The number of carbonyl (C=O) groups excluding carboxylic acids is 1. The van der Waals surface area contributed by atoms with E-state index in [1.807, 2.05) is 39.8 Å². The molecule has 0 saturated heterocycles. The van der Waals surface area contributed by atoms with Crippen LogP contribution in [-0.4, -0.2) is 14.3 Å². The first kappa shape index (κ1) is 22.8. The van der Waals surface area contributed by atoms with Crippen LogP contribution in [0.3, 0.4) is 0 Å². The Kier molecular flexibility index (Phi) is 6.72. The van der Waals surface area contributed by atoms with Crippen LogP contribution in [-0.2, 0) is 10.0 Å². The summed E-state index contributed by atoms with van der Waals surface area (Å²) >= 11 is 6.16. The van der Waals surface area contributed by atoms with Gasteiger partial charge in [-0.1, -0.05) is 53.1 Å². The number of hydrogen-bond acceptors (Lipinski definition) is 3. The van der Waals surface area contributed by atoms with E-state index in [0.717, 1.165) is 22.3 Å². The van der Waals surface area contributed by atoms with Crippen LogP contribution in [0, 0.1) is 20.8 Å². The van der Waals surface area contributed by atoms with Gasteiger partial charge in [0, 0.05) is 11.3 Å². The van der Waals surface area contributed by atoms with Gasteiger partial charge in [0.2, 0.25) is 0 Å². The second-order valence-corrected chi connectivity index (χ2v) is 9.73. The molecule has 1 amide bonds. The normalized spacial score (nSPS) is 12.3. The van der Waals surface area contributed by atoms with Crippen molar-refractivity contribution >= 4 is 33.2 Å². The molecule has 0 aliphatic carbocycles. The molecular formula is C24H25ClN2O3S. The maximum Gasteiger partial charge on any atom is 0.263 e. The molecule has 3 rings (SSSR count). The first-order chi connectivity index (χ1) is 14.6. The second kappa shape index (κ2) is 9.12. The number of amides is 1. The summed E-state index contributed by atoms with van der Waals surface area (Å²) in [5.41, 5.74) is 4.87. The van der Waals surface area contributed by atoms with E-state index in [9.17, 15) is 13.2 Å². The molecule has 2 N–H and O–H groups in total. The summed E-state index contributed by atoms with van der Waals surface area (Å²) in [6.07, 6.45) is 0. The van der Waals surface area contributed by atoms with Crippen molar-refractivity contribution in [1.29, 1.82) is 0 Å². The van der Waals surface area contributed by atoms with E-state index in [4.69, 9.17) is 11.6 Å². The monoisotopic (exact) mass is 456 g/mol. The first-order valence-corrected chi connectivity index (χ1v) is 11.7. The second-order valence-electron chi connectivity index (χ2n) is 7.67. The zero-order valence-corrected chi connectivity index (χ0v) is 19.4. The molecule has 0 aliphatic heterocycles.